The Morgan fingerprint density at radius 2 is 1.95 bits per heavy atom. The van der Waals surface area contributed by atoms with E-state index in [0.717, 1.165) is 31.4 Å². The monoisotopic (exact) mass is 261 g/mol. The van der Waals surface area contributed by atoms with Crippen LogP contribution in [0.1, 0.15) is 57.4 Å². The van der Waals surface area contributed by atoms with E-state index in [1.807, 2.05) is 0 Å². The van der Waals surface area contributed by atoms with Gasteiger partial charge in [0.15, 0.2) is 0 Å². The summed E-state index contributed by atoms with van der Waals surface area (Å²) in [7, 11) is 0. The van der Waals surface area contributed by atoms with Crippen LogP contribution in [-0.4, -0.2) is 19.2 Å². The molecule has 0 radical (unpaired) electrons. The van der Waals surface area contributed by atoms with Crippen molar-refractivity contribution >= 4 is 0 Å². The summed E-state index contributed by atoms with van der Waals surface area (Å²) in [6.45, 7) is 6.46. The average Bonchev–Trinajstić information content (AvgIpc) is 3.26. The van der Waals surface area contributed by atoms with Crippen molar-refractivity contribution in [3.63, 3.8) is 0 Å². The molecule has 1 saturated carbocycles. The molecule has 0 spiro atoms. The van der Waals surface area contributed by atoms with Gasteiger partial charge in [0.05, 0.1) is 6.61 Å². The molecule has 0 saturated heterocycles. The molecule has 2 rings (SSSR count). The minimum atomic E-state index is 0.641. The van der Waals surface area contributed by atoms with Crippen LogP contribution in [0.4, 0.5) is 0 Å². The molecule has 1 aliphatic carbocycles. The van der Waals surface area contributed by atoms with Crippen LogP contribution in [0.2, 0.25) is 0 Å². The first kappa shape index (κ1) is 14.4. The molecule has 0 aromatic heterocycles. The van der Waals surface area contributed by atoms with Gasteiger partial charge in [-0.15, -0.1) is 0 Å². The van der Waals surface area contributed by atoms with Gasteiger partial charge in [0.2, 0.25) is 0 Å². The molecular weight excluding hydrogens is 234 g/mol. The highest BCUT2D eigenvalue weighted by Gasteiger charge is 2.19. The highest BCUT2D eigenvalue weighted by molar-refractivity contribution is 5.29. The highest BCUT2D eigenvalue weighted by atomic mass is 16.5. The quantitative estimate of drug-likeness (QED) is 0.675. The van der Waals surface area contributed by atoms with Gasteiger partial charge in [-0.3, -0.25) is 0 Å². The van der Waals surface area contributed by atoms with E-state index in [4.69, 9.17) is 4.74 Å². The molecule has 1 atom stereocenters. The Morgan fingerprint density at radius 1 is 1.21 bits per heavy atom. The van der Waals surface area contributed by atoms with Gasteiger partial charge >= 0.3 is 0 Å². The third-order valence-corrected chi connectivity index (χ3v) is 3.91. The van der Waals surface area contributed by atoms with Gasteiger partial charge in [-0.1, -0.05) is 26.0 Å². The van der Waals surface area contributed by atoms with E-state index in [0.29, 0.717) is 5.92 Å². The van der Waals surface area contributed by atoms with Crippen molar-refractivity contribution in [1.82, 2.24) is 5.32 Å². The van der Waals surface area contributed by atoms with Crippen LogP contribution >= 0.6 is 0 Å². The summed E-state index contributed by atoms with van der Waals surface area (Å²) < 4.78 is 5.77. The fourth-order valence-electron chi connectivity index (χ4n) is 2.14. The summed E-state index contributed by atoms with van der Waals surface area (Å²) in [5.41, 5.74) is 1.41. The summed E-state index contributed by atoms with van der Waals surface area (Å²) in [6.07, 6.45) is 6.28. The van der Waals surface area contributed by atoms with E-state index in [1.165, 1.54) is 31.2 Å². The van der Waals surface area contributed by atoms with Gasteiger partial charge in [-0.25, -0.2) is 0 Å². The van der Waals surface area contributed by atoms with Crippen molar-refractivity contribution in [2.45, 2.75) is 57.9 Å². The second kappa shape index (κ2) is 7.54. The standard InChI is InChI=1S/C17H27NO/c1-3-14(2)15-6-10-17(11-7-15)19-13-5-4-12-18-16-8-9-16/h6-7,10-11,14,16,18H,3-5,8-9,12-13H2,1-2H3. The molecular formula is C17H27NO. The Bertz CT molecular complexity index is 356. The molecule has 0 bridgehead atoms. The second-order valence-electron chi connectivity index (χ2n) is 5.66. The fraction of sp³-hybridized carbons (Fsp3) is 0.647. The van der Waals surface area contributed by atoms with Crippen LogP contribution in [0.3, 0.4) is 0 Å². The first-order chi connectivity index (χ1) is 9.29. The van der Waals surface area contributed by atoms with Crippen LogP contribution in [0.15, 0.2) is 24.3 Å². The molecule has 1 aromatic rings. The van der Waals surface area contributed by atoms with Gasteiger partial charge < -0.3 is 10.1 Å². The van der Waals surface area contributed by atoms with E-state index in [9.17, 15) is 0 Å². The SMILES string of the molecule is CCC(C)c1ccc(OCCCCNC2CC2)cc1. The van der Waals surface area contributed by atoms with Gasteiger partial charge in [-0.2, -0.15) is 0 Å². The van der Waals surface area contributed by atoms with Gasteiger partial charge in [0.25, 0.3) is 0 Å². The van der Waals surface area contributed by atoms with Crippen molar-refractivity contribution in [3.8, 4) is 5.75 Å². The Morgan fingerprint density at radius 3 is 2.58 bits per heavy atom. The molecule has 1 aromatic carbocycles. The average molecular weight is 261 g/mol. The third-order valence-electron chi connectivity index (χ3n) is 3.91. The summed E-state index contributed by atoms with van der Waals surface area (Å²) in [6, 6.07) is 9.42. The summed E-state index contributed by atoms with van der Waals surface area (Å²) in [4.78, 5) is 0. The summed E-state index contributed by atoms with van der Waals surface area (Å²) in [5.74, 6) is 1.64. The number of benzene rings is 1. The Hall–Kier alpha value is -1.02. The highest BCUT2D eigenvalue weighted by Crippen LogP contribution is 2.21. The van der Waals surface area contributed by atoms with Crippen LogP contribution in [0, 0.1) is 0 Å². The largest absolute Gasteiger partial charge is 0.494 e. The molecule has 1 aliphatic rings. The Labute approximate surface area is 117 Å². The van der Waals surface area contributed by atoms with E-state index in [1.54, 1.807) is 0 Å². The van der Waals surface area contributed by atoms with Gasteiger partial charge in [-0.05, 0) is 62.3 Å². The van der Waals surface area contributed by atoms with Crippen LogP contribution in [-0.2, 0) is 0 Å². The molecule has 0 aliphatic heterocycles. The molecule has 19 heavy (non-hydrogen) atoms. The molecule has 1 fully saturated rings. The van der Waals surface area contributed by atoms with E-state index >= 15 is 0 Å². The maximum absolute atomic E-state index is 5.77. The van der Waals surface area contributed by atoms with Gasteiger partial charge in [0.1, 0.15) is 5.75 Å². The number of ether oxygens (including phenoxy) is 1. The van der Waals surface area contributed by atoms with E-state index < -0.39 is 0 Å². The van der Waals surface area contributed by atoms with Crippen LogP contribution in [0.5, 0.6) is 5.75 Å². The van der Waals surface area contributed by atoms with Crippen molar-refractivity contribution in [2.75, 3.05) is 13.2 Å². The number of nitrogens with one attached hydrogen (secondary N) is 1. The predicted octanol–water partition coefficient (Wildman–Crippen LogP) is 4.11. The molecule has 2 heteroatoms. The zero-order valence-electron chi connectivity index (χ0n) is 12.3. The van der Waals surface area contributed by atoms with Crippen molar-refractivity contribution in [3.05, 3.63) is 29.8 Å². The fourth-order valence-corrected chi connectivity index (χ4v) is 2.14. The number of unbranched alkanes of at least 4 members (excludes halogenated alkanes) is 1. The summed E-state index contributed by atoms with van der Waals surface area (Å²) >= 11 is 0. The lowest BCUT2D eigenvalue weighted by atomic mass is 9.99. The molecule has 1 N–H and O–H groups in total. The smallest absolute Gasteiger partial charge is 0.119 e. The minimum Gasteiger partial charge on any atom is -0.494 e. The topological polar surface area (TPSA) is 21.3 Å². The first-order valence-electron chi connectivity index (χ1n) is 7.75. The number of rotatable bonds is 9. The lowest BCUT2D eigenvalue weighted by Crippen LogP contribution is -2.17. The third kappa shape index (κ3) is 5.23. The predicted molar refractivity (Wildman–Crippen MR) is 80.9 cm³/mol. The van der Waals surface area contributed by atoms with E-state index in [2.05, 4.69) is 43.4 Å². The van der Waals surface area contributed by atoms with E-state index in [-0.39, 0.29) is 0 Å². The number of hydrogen-bond acceptors (Lipinski definition) is 2. The Kier molecular flexibility index (Phi) is 5.71. The van der Waals surface area contributed by atoms with Crippen molar-refractivity contribution in [2.24, 2.45) is 0 Å². The normalized spacial score (nSPS) is 16.3. The molecule has 2 nitrogen and oxygen atoms in total. The molecule has 106 valence electrons. The zero-order valence-corrected chi connectivity index (χ0v) is 12.3. The minimum absolute atomic E-state index is 0.641. The van der Waals surface area contributed by atoms with Crippen LogP contribution in [0.25, 0.3) is 0 Å². The molecule has 0 amide bonds. The first-order valence-corrected chi connectivity index (χ1v) is 7.75. The van der Waals surface area contributed by atoms with Gasteiger partial charge in [0, 0.05) is 6.04 Å². The Balaban J connectivity index is 1.59. The van der Waals surface area contributed by atoms with Crippen LogP contribution < -0.4 is 10.1 Å². The molecule has 1 unspecified atom stereocenters. The van der Waals surface area contributed by atoms with Crippen molar-refractivity contribution in [1.29, 1.82) is 0 Å². The maximum atomic E-state index is 5.77. The lowest BCUT2D eigenvalue weighted by molar-refractivity contribution is 0.305. The van der Waals surface area contributed by atoms with Crippen molar-refractivity contribution < 1.29 is 4.74 Å². The lowest BCUT2D eigenvalue weighted by Gasteiger charge is -2.11. The zero-order chi connectivity index (χ0) is 13.5. The second-order valence-corrected chi connectivity index (χ2v) is 5.66. The maximum Gasteiger partial charge on any atom is 0.119 e. The summed E-state index contributed by atoms with van der Waals surface area (Å²) in [5, 5.41) is 3.53. The number of hydrogen-bond donors (Lipinski definition) is 1. The molecule has 0 heterocycles.